The number of benzene rings is 3. The number of halogens is 2. The summed E-state index contributed by atoms with van der Waals surface area (Å²) in [5.41, 5.74) is 4.81. The van der Waals surface area contributed by atoms with Gasteiger partial charge in [-0.05, 0) is 73.5 Å². The van der Waals surface area contributed by atoms with Gasteiger partial charge in [0.15, 0.2) is 0 Å². The van der Waals surface area contributed by atoms with Crippen LogP contribution in [-0.4, -0.2) is 15.0 Å². The van der Waals surface area contributed by atoms with Gasteiger partial charge in [0, 0.05) is 27.1 Å². The maximum atomic E-state index is 6.10. The lowest BCUT2D eigenvalue weighted by atomic mass is 10.1. The molecule has 31 heavy (non-hydrogen) atoms. The quantitative estimate of drug-likeness (QED) is 0.292. The fraction of sp³-hybridized carbons (Fsp3) is 0.0870. The minimum Gasteiger partial charge on any atom is -0.324 e. The SMILES string of the molecule is Cc1ccc(Nc2nc(Nc3cccc(Cl)c3)nc(Nc3cccc(Cl)c3)n2)cc1C. The first kappa shape index (κ1) is 20.9. The molecular weight excluding hydrogens is 431 g/mol. The Hall–Kier alpha value is -3.35. The van der Waals surface area contributed by atoms with Crippen molar-refractivity contribution in [1.82, 2.24) is 15.0 Å². The second kappa shape index (κ2) is 9.20. The Morgan fingerprint density at radius 2 is 1.00 bits per heavy atom. The van der Waals surface area contributed by atoms with Crippen LogP contribution in [0.5, 0.6) is 0 Å². The molecular formula is C23H20Cl2N6. The molecule has 0 fully saturated rings. The summed E-state index contributed by atoms with van der Waals surface area (Å²) in [7, 11) is 0. The van der Waals surface area contributed by atoms with Gasteiger partial charge >= 0.3 is 0 Å². The van der Waals surface area contributed by atoms with Gasteiger partial charge in [0.1, 0.15) is 0 Å². The molecule has 1 aromatic heterocycles. The Bertz CT molecular complexity index is 1160. The van der Waals surface area contributed by atoms with Crippen molar-refractivity contribution in [2.24, 2.45) is 0 Å². The Morgan fingerprint density at radius 3 is 1.42 bits per heavy atom. The first-order valence-electron chi connectivity index (χ1n) is 9.60. The number of aromatic nitrogens is 3. The zero-order valence-corrected chi connectivity index (χ0v) is 18.5. The topological polar surface area (TPSA) is 74.8 Å². The maximum absolute atomic E-state index is 6.10. The summed E-state index contributed by atoms with van der Waals surface area (Å²) in [6, 6.07) is 20.8. The Kier molecular flexibility index (Phi) is 6.21. The van der Waals surface area contributed by atoms with Gasteiger partial charge in [-0.15, -0.1) is 0 Å². The molecule has 4 aromatic rings. The Balaban J connectivity index is 1.67. The van der Waals surface area contributed by atoms with Crippen molar-refractivity contribution in [2.75, 3.05) is 16.0 Å². The fourth-order valence-electron chi connectivity index (χ4n) is 2.88. The highest BCUT2D eigenvalue weighted by atomic mass is 35.5. The highest BCUT2D eigenvalue weighted by Gasteiger charge is 2.09. The van der Waals surface area contributed by atoms with Crippen molar-refractivity contribution in [3.05, 3.63) is 87.9 Å². The van der Waals surface area contributed by atoms with Crippen molar-refractivity contribution in [3.63, 3.8) is 0 Å². The van der Waals surface area contributed by atoms with Gasteiger partial charge in [0.2, 0.25) is 17.8 Å². The van der Waals surface area contributed by atoms with Crippen molar-refractivity contribution in [2.45, 2.75) is 13.8 Å². The molecule has 0 radical (unpaired) electrons. The normalized spacial score (nSPS) is 10.6. The summed E-state index contributed by atoms with van der Waals surface area (Å²) in [4.78, 5) is 13.5. The van der Waals surface area contributed by atoms with E-state index in [0.29, 0.717) is 27.9 Å². The first-order valence-corrected chi connectivity index (χ1v) is 10.4. The number of hydrogen-bond acceptors (Lipinski definition) is 6. The van der Waals surface area contributed by atoms with Crippen LogP contribution in [0.4, 0.5) is 34.9 Å². The van der Waals surface area contributed by atoms with E-state index >= 15 is 0 Å². The first-order chi connectivity index (χ1) is 14.9. The molecule has 0 atom stereocenters. The van der Waals surface area contributed by atoms with Crippen LogP contribution in [-0.2, 0) is 0 Å². The van der Waals surface area contributed by atoms with E-state index in [1.165, 1.54) is 11.1 Å². The molecule has 0 aliphatic rings. The monoisotopic (exact) mass is 450 g/mol. The number of nitrogens with zero attached hydrogens (tertiary/aromatic N) is 3. The highest BCUT2D eigenvalue weighted by molar-refractivity contribution is 6.31. The standard InChI is InChI=1S/C23H20Cl2N6/c1-14-9-10-20(11-15(14)2)28-23-30-21(26-18-7-3-5-16(24)12-18)29-22(31-23)27-19-8-4-6-17(25)13-19/h3-13H,1-2H3,(H3,26,27,28,29,30,31). The molecule has 0 bridgehead atoms. The highest BCUT2D eigenvalue weighted by Crippen LogP contribution is 2.24. The van der Waals surface area contributed by atoms with Crippen LogP contribution >= 0.6 is 23.2 Å². The minimum absolute atomic E-state index is 0.369. The van der Waals surface area contributed by atoms with Gasteiger partial charge in [-0.25, -0.2) is 0 Å². The molecule has 0 unspecified atom stereocenters. The molecule has 6 nitrogen and oxygen atoms in total. The molecule has 1 heterocycles. The van der Waals surface area contributed by atoms with Gasteiger partial charge in [0.05, 0.1) is 0 Å². The molecule has 3 aromatic carbocycles. The second-order valence-electron chi connectivity index (χ2n) is 7.00. The second-order valence-corrected chi connectivity index (χ2v) is 7.87. The van der Waals surface area contributed by atoms with E-state index in [9.17, 15) is 0 Å². The van der Waals surface area contributed by atoms with E-state index in [1.807, 2.05) is 36.4 Å². The maximum Gasteiger partial charge on any atom is 0.233 e. The van der Waals surface area contributed by atoms with E-state index in [-0.39, 0.29) is 0 Å². The molecule has 0 aliphatic carbocycles. The van der Waals surface area contributed by atoms with Crippen LogP contribution in [0.1, 0.15) is 11.1 Å². The molecule has 0 saturated carbocycles. The predicted octanol–water partition coefficient (Wildman–Crippen LogP) is 7.03. The lowest BCUT2D eigenvalue weighted by Gasteiger charge is -2.12. The number of rotatable bonds is 6. The Labute approximate surface area is 190 Å². The zero-order valence-electron chi connectivity index (χ0n) is 16.9. The molecule has 0 aliphatic heterocycles. The largest absolute Gasteiger partial charge is 0.324 e. The molecule has 0 amide bonds. The summed E-state index contributed by atoms with van der Waals surface area (Å²) in [6.45, 7) is 4.13. The third kappa shape index (κ3) is 5.63. The smallest absolute Gasteiger partial charge is 0.233 e. The van der Waals surface area contributed by atoms with Crippen molar-refractivity contribution < 1.29 is 0 Å². The number of hydrogen-bond donors (Lipinski definition) is 3. The summed E-state index contributed by atoms with van der Waals surface area (Å²) in [5, 5.41) is 10.8. The molecule has 0 saturated heterocycles. The number of nitrogens with one attached hydrogen (secondary N) is 3. The third-order valence-corrected chi connectivity index (χ3v) is 5.03. The molecule has 156 valence electrons. The van der Waals surface area contributed by atoms with Crippen LogP contribution in [0.15, 0.2) is 66.7 Å². The average molecular weight is 451 g/mol. The average Bonchev–Trinajstić information content (AvgIpc) is 2.71. The van der Waals surface area contributed by atoms with Crippen molar-refractivity contribution >= 4 is 58.1 Å². The summed E-state index contributed by atoms with van der Waals surface area (Å²) >= 11 is 12.2. The van der Waals surface area contributed by atoms with Gasteiger partial charge in [-0.3, -0.25) is 0 Å². The van der Waals surface area contributed by atoms with Crippen LogP contribution in [0.2, 0.25) is 10.0 Å². The van der Waals surface area contributed by atoms with E-state index in [2.05, 4.69) is 50.8 Å². The van der Waals surface area contributed by atoms with Gasteiger partial charge in [-0.1, -0.05) is 41.4 Å². The number of aryl methyl sites for hydroxylation is 2. The van der Waals surface area contributed by atoms with Gasteiger partial charge in [0.25, 0.3) is 0 Å². The lowest BCUT2D eigenvalue weighted by molar-refractivity contribution is 1.06. The number of anilines is 6. The van der Waals surface area contributed by atoms with Gasteiger partial charge < -0.3 is 16.0 Å². The van der Waals surface area contributed by atoms with Crippen molar-refractivity contribution in [3.8, 4) is 0 Å². The summed E-state index contributed by atoms with van der Waals surface area (Å²) in [5.74, 6) is 1.13. The van der Waals surface area contributed by atoms with E-state index in [1.54, 1.807) is 24.3 Å². The molecule has 0 spiro atoms. The van der Waals surface area contributed by atoms with E-state index in [4.69, 9.17) is 23.2 Å². The predicted molar refractivity (Wildman–Crippen MR) is 128 cm³/mol. The van der Waals surface area contributed by atoms with Gasteiger partial charge in [-0.2, -0.15) is 15.0 Å². The third-order valence-electron chi connectivity index (χ3n) is 4.56. The Morgan fingerprint density at radius 1 is 0.548 bits per heavy atom. The molecule has 8 heteroatoms. The zero-order chi connectivity index (χ0) is 21.8. The minimum atomic E-state index is 0.369. The van der Waals surface area contributed by atoms with Crippen LogP contribution in [0.25, 0.3) is 0 Å². The van der Waals surface area contributed by atoms with E-state index < -0.39 is 0 Å². The summed E-state index contributed by atoms with van der Waals surface area (Å²) < 4.78 is 0. The van der Waals surface area contributed by atoms with Crippen LogP contribution in [0.3, 0.4) is 0 Å². The fourth-order valence-corrected chi connectivity index (χ4v) is 3.26. The molecule has 3 N–H and O–H groups in total. The van der Waals surface area contributed by atoms with Crippen LogP contribution < -0.4 is 16.0 Å². The van der Waals surface area contributed by atoms with Crippen LogP contribution in [0, 0.1) is 13.8 Å². The summed E-state index contributed by atoms with van der Waals surface area (Å²) in [6.07, 6.45) is 0. The lowest BCUT2D eigenvalue weighted by Crippen LogP contribution is -2.07. The van der Waals surface area contributed by atoms with Crippen molar-refractivity contribution in [1.29, 1.82) is 0 Å². The van der Waals surface area contributed by atoms with E-state index in [0.717, 1.165) is 17.1 Å². The molecule has 4 rings (SSSR count).